The molecule has 7 heteroatoms. The van der Waals surface area contributed by atoms with Crippen molar-refractivity contribution < 1.29 is 4.74 Å². The van der Waals surface area contributed by atoms with Crippen molar-refractivity contribution in [2.45, 2.75) is 44.9 Å². The first-order chi connectivity index (χ1) is 15.1. The van der Waals surface area contributed by atoms with E-state index < -0.39 is 0 Å². The summed E-state index contributed by atoms with van der Waals surface area (Å²) in [5, 5.41) is 4.60. The molecule has 3 heterocycles. The summed E-state index contributed by atoms with van der Waals surface area (Å²) in [5.41, 5.74) is 9.69. The zero-order chi connectivity index (χ0) is 21.6. The predicted octanol–water partition coefficient (Wildman–Crippen LogP) is 5.60. The third kappa shape index (κ3) is 6.10. The van der Waals surface area contributed by atoms with Crippen LogP contribution in [0, 0.1) is 17.8 Å². The Kier molecular flexibility index (Phi) is 8.05. The molecule has 1 aliphatic carbocycles. The molecule has 0 amide bonds. The molecule has 2 aliphatic rings. The van der Waals surface area contributed by atoms with Crippen LogP contribution in [0.1, 0.15) is 44.2 Å². The van der Waals surface area contributed by atoms with Crippen LogP contribution in [0.4, 0.5) is 5.69 Å². The van der Waals surface area contributed by atoms with E-state index in [2.05, 4.69) is 21.4 Å². The SMILES string of the molecule is NCC1CCC(Cc2cc(-c3cnc(Cl)c(NCC4CCOCC4)c3)c(Cl)cn2)CC1. The molecule has 5 nitrogen and oxygen atoms in total. The van der Waals surface area contributed by atoms with Crippen LogP contribution in [-0.2, 0) is 11.2 Å². The van der Waals surface area contributed by atoms with Gasteiger partial charge in [-0.25, -0.2) is 4.98 Å². The van der Waals surface area contributed by atoms with Gasteiger partial charge < -0.3 is 15.8 Å². The molecule has 4 rings (SSSR count). The van der Waals surface area contributed by atoms with E-state index in [1.807, 2.05) is 6.07 Å². The van der Waals surface area contributed by atoms with E-state index in [0.29, 0.717) is 27.9 Å². The lowest BCUT2D eigenvalue weighted by atomic mass is 9.80. The van der Waals surface area contributed by atoms with Crippen molar-refractivity contribution in [3.05, 3.63) is 40.4 Å². The molecule has 0 aromatic carbocycles. The van der Waals surface area contributed by atoms with Gasteiger partial charge in [0.1, 0.15) is 0 Å². The minimum Gasteiger partial charge on any atom is -0.382 e. The van der Waals surface area contributed by atoms with Gasteiger partial charge in [0.2, 0.25) is 0 Å². The number of rotatable bonds is 7. The highest BCUT2D eigenvalue weighted by Gasteiger charge is 2.21. The summed E-state index contributed by atoms with van der Waals surface area (Å²) in [6, 6.07) is 4.16. The Morgan fingerprint density at radius 3 is 2.42 bits per heavy atom. The molecule has 1 aliphatic heterocycles. The van der Waals surface area contributed by atoms with Gasteiger partial charge in [-0.05, 0) is 81.4 Å². The summed E-state index contributed by atoms with van der Waals surface area (Å²) in [6.07, 6.45) is 11.6. The Bertz CT molecular complexity index is 865. The third-order valence-corrected chi connectivity index (χ3v) is 7.38. The molecule has 0 spiro atoms. The van der Waals surface area contributed by atoms with Crippen LogP contribution in [0.3, 0.4) is 0 Å². The second-order valence-electron chi connectivity index (χ2n) is 8.98. The summed E-state index contributed by atoms with van der Waals surface area (Å²) in [7, 11) is 0. The fourth-order valence-corrected chi connectivity index (χ4v) is 5.09. The van der Waals surface area contributed by atoms with Crippen LogP contribution in [0.25, 0.3) is 11.1 Å². The number of nitrogens with one attached hydrogen (secondary N) is 1. The Hall–Kier alpha value is -1.40. The highest BCUT2D eigenvalue weighted by Crippen LogP contribution is 2.34. The minimum atomic E-state index is 0.484. The lowest BCUT2D eigenvalue weighted by Gasteiger charge is -2.27. The van der Waals surface area contributed by atoms with E-state index in [4.69, 9.17) is 33.7 Å². The normalized spacial score (nSPS) is 22.4. The quantitative estimate of drug-likeness (QED) is 0.524. The number of hydrogen-bond acceptors (Lipinski definition) is 5. The molecule has 2 aromatic rings. The predicted molar refractivity (Wildman–Crippen MR) is 128 cm³/mol. The molecule has 168 valence electrons. The summed E-state index contributed by atoms with van der Waals surface area (Å²) in [4.78, 5) is 9.02. The van der Waals surface area contributed by atoms with Crippen molar-refractivity contribution in [3.8, 4) is 11.1 Å². The van der Waals surface area contributed by atoms with Crippen molar-refractivity contribution in [3.63, 3.8) is 0 Å². The van der Waals surface area contributed by atoms with Gasteiger partial charge in [0.25, 0.3) is 0 Å². The second-order valence-corrected chi connectivity index (χ2v) is 9.75. The van der Waals surface area contributed by atoms with Gasteiger partial charge >= 0.3 is 0 Å². The molecular weight excluding hydrogens is 431 g/mol. The first-order valence-electron chi connectivity index (χ1n) is 11.4. The highest BCUT2D eigenvalue weighted by atomic mass is 35.5. The zero-order valence-corrected chi connectivity index (χ0v) is 19.5. The van der Waals surface area contributed by atoms with Crippen LogP contribution in [0.5, 0.6) is 0 Å². The number of aromatic nitrogens is 2. The third-order valence-electron chi connectivity index (χ3n) is 6.78. The lowest BCUT2D eigenvalue weighted by molar-refractivity contribution is 0.0699. The summed E-state index contributed by atoms with van der Waals surface area (Å²) < 4.78 is 5.45. The van der Waals surface area contributed by atoms with E-state index in [-0.39, 0.29) is 0 Å². The van der Waals surface area contributed by atoms with Crippen molar-refractivity contribution in [1.29, 1.82) is 0 Å². The van der Waals surface area contributed by atoms with Gasteiger partial charge in [-0.2, -0.15) is 0 Å². The van der Waals surface area contributed by atoms with Gasteiger partial charge in [-0.3, -0.25) is 4.98 Å². The van der Waals surface area contributed by atoms with E-state index in [9.17, 15) is 0 Å². The molecule has 2 aromatic heterocycles. The van der Waals surface area contributed by atoms with E-state index in [1.54, 1.807) is 12.4 Å². The fraction of sp³-hybridized carbons (Fsp3) is 0.583. The second kappa shape index (κ2) is 11.0. The number of nitrogens with zero attached hydrogens (tertiary/aromatic N) is 2. The lowest BCUT2D eigenvalue weighted by Crippen LogP contribution is -2.22. The van der Waals surface area contributed by atoms with Crippen LogP contribution in [0.2, 0.25) is 10.2 Å². The average Bonchev–Trinajstić information content (AvgIpc) is 2.81. The maximum atomic E-state index is 6.53. The van der Waals surface area contributed by atoms with Crippen molar-refractivity contribution in [2.24, 2.45) is 23.5 Å². The first-order valence-corrected chi connectivity index (χ1v) is 12.2. The minimum absolute atomic E-state index is 0.484. The van der Waals surface area contributed by atoms with Gasteiger partial charge in [0.15, 0.2) is 5.15 Å². The molecule has 1 saturated carbocycles. The fourth-order valence-electron chi connectivity index (χ4n) is 4.71. The standard InChI is InChI=1S/C24H32Cl2N4O/c25-22-15-28-20(9-16-1-3-17(12-27)4-2-16)11-21(22)19-10-23(24(26)30-14-19)29-13-18-5-7-31-8-6-18/h10-11,14-18,29H,1-9,12-13,27H2. The van der Waals surface area contributed by atoms with Crippen molar-refractivity contribution in [1.82, 2.24) is 9.97 Å². The summed E-state index contributed by atoms with van der Waals surface area (Å²) >= 11 is 12.9. The molecule has 0 bridgehead atoms. The maximum absolute atomic E-state index is 6.53. The van der Waals surface area contributed by atoms with Crippen LogP contribution in [-0.4, -0.2) is 36.3 Å². The van der Waals surface area contributed by atoms with Gasteiger partial charge in [-0.15, -0.1) is 0 Å². The number of hydrogen-bond donors (Lipinski definition) is 2. The number of ether oxygens (including phenoxy) is 1. The number of nitrogens with two attached hydrogens (primary N) is 1. The Morgan fingerprint density at radius 1 is 0.935 bits per heavy atom. The van der Waals surface area contributed by atoms with Gasteiger partial charge in [0.05, 0.1) is 10.7 Å². The molecule has 2 fully saturated rings. The summed E-state index contributed by atoms with van der Waals surface area (Å²) in [5.74, 6) is 1.96. The molecule has 1 saturated heterocycles. The van der Waals surface area contributed by atoms with E-state index >= 15 is 0 Å². The molecule has 0 radical (unpaired) electrons. The van der Waals surface area contributed by atoms with E-state index in [1.165, 1.54) is 25.7 Å². The Balaban J connectivity index is 1.46. The molecule has 0 unspecified atom stereocenters. The first kappa shape index (κ1) is 22.8. The van der Waals surface area contributed by atoms with Crippen LogP contribution in [0.15, 0.2) is 24.5 Å². The topological polar surface area (TPSA) is 73.1 Å². The van der Waals surface area contributed by atoms with Crippen molar-refractivity contribution >= 4 is 28.9 Å². The number of pyridine rings is 2. The highest BCUT2D eigenvalue weighted by molar-refractivity contribution is 6.33. The van der Waals surface area contributed by atoms with Gasteiger partial charge in [-0.1, -0.05) is 23.2 Å². The molecule has 31 heavy (non-hydrogen) atoms. The number of anilines is 1. The molecular formula is C24H32Cl2N4O. The maximum Gasteiger partial charge on any atom is 0.152 e. The molecule has 3 N–H and O–H groups in total. The van der Waals surface area contributed by atoms with E-state index in [0.717, 1.165) is 68.1 Å². The Labute approximate surface area is 195 Å². The zero-order valence-electron chi connectivity index (χ0n) is 18.0. The number of halogens is 2. The van der Waals surface area contributed by atoms with Crippen LogP contribution < -0.4 is 11.1 Å². The average molecular weight is 463 g/mol. The Morgan fingerprint density at radius 2 is 1.68 bits per heavy atom. The van der Waals surface area contributed by atoms with Gasteiger partial charge in [0, 0.05) is 49.0 Å². The van der Waals surface area contributed by atoms with Crippen LogP contribution >= 0.6 is 23.2 Å². The largest absolute Gasteiger partial charge is 0.382 e. The summed E-state index contributed by atoms with van der Waals surface area (Å²) in [6.45, 7) is 3.35. The molecule has 0 atom stereocenters. The van der Waals surface area contributed by atoms with Crippen molar-refractivity contribution in [2.75, 3.05) is 31.6 Å². The monoisotopic (exact) mass is 462 g/mol. The smallest absolute Gasteiger partial charge is 0.152 e.